The smallest absolute Gasteiger partial charge is 0.260 e. The van der Waals surface area contributed by atoms with Crippen molar-refractivity contribution in [2.24, 2.45) is 4.52 Å². The van der Waals surface area contributed by atoms with E-state index in [1.807, 2.05) is 0 Å². The van der Waals surface area contributed by atoms with Crippen LogP contribution in [0.15, 0.2) is 29.8 Å². The van der Waals surface area contributed by atoms with E-state index in [1.54, 1.807) is 0 Å². The van der Waals surface area contributed by atoms with Gasteiger partial charge in [0.1, 0.15) is 0 Å². The van der Waals surface area contributed by atoms with Gasteiger partial charge in [0.15, 0.2) is 0 Å². The van der Waals surface area contributed by atoms with Crippen molar-refractivity contribution in [1.29, 1.82) is 0 Å². The fourth-order valence-corrected chi connectivity index (χ4v) is 1.41. The van der Waals surface area contributed by atoms with Gasteiger partial charge in [0, 0.05) is 4.91 Å². The molecule has 0 atom stereocenters. The summed E-state index contributed by atoms with van der Waals surface area (Å²) in [5, 5.41) is 0. The molecule has 0 radical (unpaired) electrons. The Labute approximate surface area is 82.8 Å². The first-order valence-corrected chi connectivity index (χ1v) is 5.13. The summed E-state index contributed by atoms with van der Waals surface area (Å²) in [5.41, 5.74) is 7.93. The van der Waals surface area contributed by atoms with Crippen molar-refractivity contribution in [2.75, 3.05) is 0 Å². The average molecular weight is 217 g/mol. The van der Waals surface area contributed by atoms with Crippen molar-refractivity contribution in [1.82, 2.24) is 0 Å². The molecule has 0 aromatic heterocycles. The van der Waals surface area contributed by atoms with Gasteiger partial charge >= 0.3 is 10.3 Å². The first kappa shape index (κ1) is 12.7. The Kier molecular flexibility index (Phi) is 5.62. The topological polar surface area (TPSA) is 92.1 Å². The SMILES string of the molecule is C=CCC(CC=C)OS(=O)(=O)N=[N+]=[N-]. The van der Waals surface area contributed by atoms with E-state index in [2.05, 4.69) is 26.8 Å². The van der Waals surface area contributed by atoms with Crippen molar-refractivity contribution in [3.63, 3.8) is 0 Å². The van der Waals surface area contributed by atoms with Crippen molar-refractivity contribution in [2.45, 2.75) is 18.9 Å². The van der Waals surface area contributed by atoms with Gasteiger partial charge in [-0.25, -0.2) is 0 Å². The van der Waals surface area contributed by atoms with Gasteiger partial charge in [-0.3, -0.25) is 4.18 Å². The van der Waals surface area contributed by atoms with Crippen molar-refractivity contribution >= 4 is 10.3 Å². The molecule has 0 aliphatic rings. The molecule has 0 amide bonds. The van der Waals surface area contributed by atoms with Crippen LogP contribution in [0.3, 0.4) is 0 Å². The summed E-state index contributed by atoms with van der Waals surface area (Å²) < 4.78 is 28.9. The summed E-state index contributed by atoms with van der Waals surface area (Å²) in [7, 11) is -4.16. The molecule has 0 saturated carbocycles. The predicted octanol–water partition coefficient (Wildman–Crippen LogP) is 2.08. The van der Waals surface area contributed by atoms with E-state index in [1.165, 1.54) is 12.2 Å². The normalized spacial score (nSPS) is 10.6. The fourth-order valence-electron chi connectivity index (χ4n) is 0.783. The molecule has 14 heavy (non-hydrogen) atoms. The van der Waals surface area contributed by atoms with Gasteiger partial charge in [-0.05, 0) is 18.4 Å². The van der Waals surface area contributed by atoms with E-state index < -0.39 is 16.4 Å². The average Bonchev–Trinajstić information content (AvgIpc) is 2.03. The molecule has 0 aliphatic heterocycles. The van der Waals surface area contributed by atoms with E-state index in [9.17, 15) is 8.42 Å². The second-order valence-electron chi connectivity index (χ2n) is 2.37. The zero-order chi connectivity index (χ0) is 11.0. The van der Waals surface area contributed by atoms with Gasteiger partial charge in [-0.2, -0.15) is 8.42 Å². The van der Waals surface area contributed by atoms with Gasteiger partial charge in [-0.15, -0.1) is 13.2 Å². The highest BCUT2D eigenvalue weighted by Gasteiger charge is 2.15. The third kappa shape index (κ3) is 5.36. The van der Waals surface area contributed by atoms with Crippen molar-refractivity contribution in [3.8, 4) is 0 Å². The lowest BCUT2D eigenvalue weighted by Gasteiger charge is -2.10. The molecular formula is C7H11N3O3S. The van der Waals surface area contributed by atoms with E-state index in [0.29, 0.717) is 12.8 Å². The number of nitrogens with zero attached hydrogens (tertiary/aromatic N) is 3. The van der Waals surface area contributed by atoms with Crippen LogP contribution in [-0.4, -0.2) is 14.5 Å². The minimum absolute atomic E-state index is 0.339. The lowest BCUT2D eigenvalue weighted by Crippen LogP contribution is -2.15. The molecule has 7 heteroatoms. The van der Waals surface area contributed by atoms with Gasteiger partial charge in [0.25, 0.3) is 0 Å². The molecule has 0 rings (SSSR count). The van der Waals surface area contributed by atoms with E-state index >= 15 is 0 Å². The van der Waals surface area contributed by atoms with Crippen LogP contribution in [0, 0.1) is 0 Å². The molecule has 0 spiro atoms. The second kappa shape index (κ2) is 6.20. The minimum atomic E-state index is -4.16. The molecule has 78 valence electrons. The van der Waals surface area contributed by atoms with E-state index in [-0.39, 0.29) is 0 Å². The Balaban J connectivity index is 4.49. The highest BCUT2D eigenvalue weighted by Crippen LogP contribution is 2.10. The van der Waals surface area contributed by atoms with Crippen LogP contribution in [0.25, 0.3) is 10.4 Å². The van der Waals surface area contributed by atoms with Crippen molar-refractivity contribution in [3.05, 3.63) is 35.8 Å². The number of rotatable bonds is 7. The first-order valence-electron chi connectivity index (χ1n) is 3.77. The lowest BCUT2D eigenvalue weighted by atomic mass is 10.2. The maximum atomic E-state index is 10.9. The molecule has 0 aromatic carbocycles. The summed E-state index contributed by atoms with van der Waals surface area (Å²) >= 11 is 0. The number of hydrogen-bond acceptors (Lipinski definition) is 3. The zero-order valence-corrected chi connectivity index (χ0v) is 8.35. The lowest BCUT2D eigenvalue weighted by molar-refractivity contribution is 0.216. The zero-order valence-electron chi connectivity index (χ0n) is 7.54. The Hall–Kier alpha value is -1.30. The van der Waals surface area contributed by atoms with E-state index in [0.717, 1.165) is 0 Å². The van der Waals surface area contributed by atoms with Crippen LogP contribution in [0.2, 0.25) is 0 Å². The monoisotopic (exact) mass is 217 g/mol. The van der Waals surface area contributed by atoms with Crippen LogP contribution >= 0.6 is 0 Å². The third-order valence-corrected chi connectivity index (χ3v) is 2.04. The highest BCUT2D eigenvalue weighted by molar-refractivity contribution is 7.85. The van der Waals surface area contributed by atoms with Crippen LogP contribution < -0.4 is 0 Å². The van der Waals surface area contributed by atoms with Crippen LogP contribution in [-0.2, 0) is 14.5 Å². The Morgan fingerprint density at radius 2 is 1.93 bits per heavy atom. The summed E-state index contributed by atoms with van der Waals surface area (Å²) in [5.74, 6) is 0. The van der Waals surface area contributed by atoms with Crippen molar-refractivity contribution < 1.29 is 12.6 Å². The quantitative estimate of drug-likeness (QED) is 0.283. The molecular weight excluding hydrogens is 206 g/mol. The molecule has 0 bridgehead atoms. The van der Waals surface area contributed by atoms with Crippen LogP contribution in [0.5, 0.6) is 0 Å². The highest BCUT2D eigenvalue weighted by atomic mass is 32.2. The Morgan fingerprint density at radius 3 is 2.29 bits per heavy atom. The molecule has 0 fully saturated rings. The Bertz CT molecular complexity index is 333. The standard InChI is InChI=1S/C7H11N3O3S/c1-3-5-7(6-4-2)13-14(11,12)10-9-8/h3-4,7H,1-2,5-6H2. The third-order valence-electron chi connectivity index (χ3n) is 1.25. The van der Waals surface area contributed by atoms with Gasteiger partial charge < -0.3 is 0 Å². The maximum Gasteiger partial charge on any atom is 0.358 e. The van der Waals surface area contributed by atoms with Gasteiger partial charge in [-0.1, -0.05) is 12.2 Å². The van der Waals surface area contributed by atoms with Gasteiger partial charge in [0.2, 0.25) is 0 Å². The van der Waals surface area contributed by atoms with E-state index in [4.69, 9.17) is 5.53 Å². The summed E-state index contributed by atoms with van der Waals surface area (Å²) in [6.45, 7) is 6.89. The van der Waals surface area contributed by atoms with Crippen LogP contribution in [0.1, 0.15) is 12.8 Å². The molecule has 0 saturated heterocycles. The molecule has 0 N–H and O–H groups in total. The fraction of sp³-hybridized carbons (Fsp3) is 0.429. The maximum absolute atomic E-state index is 10.9. The molecule has 6 nitrogen and oxygen atoms in total. The second-order valence-corrected chi connectivity index (χ2v) is 3.58. The van der Waals surface area contributed by atoms with Gasteiger partial charge in [0.05, 0.1) is 10.6 Å². The summed E-state index contributed by atoms with van der Waals surface area (Å²) in [6.07, 6.45) is 3.10. The molecule has 0 aromatic rings. The summed E-state index contributed by atoms with van der Waals surface area (Å²) in [6, 6.07) is 0. The molecule has 0 aliphatic carbocycles. The predicted molar refractivity (Wildman–Crippen MR) is 52.6 cm³/mol. The first-order chi connectivity index (χ1) is 6.55. The largest absolute Gasteiger partial charge is 0.358 e. The van der Waals surface area contributed by atoms with Crippen LogP contribution in [0.4, 0.5) is 0 Å². The number of hydrogen-bond donors (Lipinski definition) is 0. The Morgan fingerprint density at radius 1 is 1.43 bits per heavy atom. The number of azide groups is 1. The molecule has 0 unspecified atom stereocenters. The minimum Gasteiger partial charge on any atom is -0.260 e. The molecule has 0 heterocycles. The summed E-state index contributed by atoms with van der Waals surface area (Å²) in [4.78, 5) is 2.14.